The molecule has 0 bridgehead atoms. The molecule has 4 rings (SSSR count). The van der Waals surface area contributed by atoms with E-state index in [9.17, 15) is 35.9 Å². The standard InChI is InChI=1S/C26H29F6N3O4/c1-23(2)14-35-18(21(36)26(30,31)32)6-7-20(35)24(33-23)8-10-34(11-9-24)22(37)16-4-5-17(19(12-16)38-3)13-39-15-25(27,28)29/h4-7,12,33H,8-11,13-15H2,1-3H3. The van der Waals surface area contributed by atoms with Gasteiger partial charge in [-0.1, -0.05) is 6.07 Å². The minimum absolute atomic E-state index is 0.176. The SMILES string of the molecule is COc1cc(C(=O)N2CCC3(CC2)NC(C)(C)Cn2c(C(=O)C(F)(F)F)ccc23)ccc1COCC(F)(F)F. The number of ketones is 1. The Bertz CT molecular complexity index is 1240. The number of nitrogens with one attached hydrogen (secondary N) is 1. The molecule has 0 unspecified atom stereocenters. The lowest BCUT2D eigenvalue weighted by molar-refractivity contribution is -0.176. The van der Waals surface area contributed by atoms with Crippen LogP contribution in [0.3, 0.4) is 0 Å². The number of fused-ring (bicyclic) bond motifs is 2. The summed E-state index contributed by atoms with van der Waals surface area (Å²) in [7, 11) is 1.34. The average Bonchev–Trinajstić information content (AvgIpc) is 3.25. The maximum Gasteiger partial charge on any atom is 0.456 e. The fraction of sp³-hybridized carbons (Fsp3) is 0.538. The monoisotopic (exact) mass is 561 g/mol. The second kappa shape index (κ2) is 10.2. The first-order valence-electron chi connectivity index (χ1n) is 12.3. The van der Waals surface area contributed by atoms with Crippen molar-refractivity contribution in [1.82, 2.24) is 14.8 Å². The first-order valence-corrected chi connectivity index (χ1v) is 12.3. The molecule has 2 aliphatic heterocycles. The van der Waals surface area contributed by atoms with E-state index in [2.05, 4.69) is 5.32 Å². The molecule has 1 saturated heterocycles. The predicted octanol–water partition coefficient (Wildman–Crippen LogP) is 4.83. The number of amides is 1. The average molecular weight is 562 g/mol. The molecule has 7 nitrogen and oxygen atoms in total. The Morgan fingerprint density at radius 2 is 1.69 bits per heavy atom. The highest BCUT2D eigenvalue weighted by Gasteiger charge is 2.49. The van der Waals surface area contributed by atoms with E-state index in [1.165, 1.54) is 35.9 Å². The molecular weight excluding hydrogens is 532 g/mol. The van der Waals surface area contributed by atoms with Crippen LogP contribution >= 0.6 is 0 Å². The van der Waals surface area contributed by atoms with E-state index in [1.54, 1.807) is 11.0 Å². The molecule has 2 aromatic rings. The highest BCUT2D eigenvalue weighted by atomic mass is 19.4. The van der Waals surface area contributed by atoms with Crippen molar-refractivity contribution in [2.75, 3.05) is 26.8 Å². The zero-order valence-electron chi connectivity index (χ0n) is 21.6. The second-order valence-electron chi connectivity index (χ2n) is 10.5. The van der Waals surface area contributed by atoms with Gasteiger partial charge in [-0.15, -0.1) is 0 Å². The van der Waals surface area contributed by atoms with E-state index in [0.717, 1.165) is 0 Å². The van der Waals surface area contributed by atoms with E-state index in [4.69, 9.17) is 9.47 Å². The van der Waals surface area contributed by atoms with Crippen molar-refractivity contribution in [3.05, 3.63) is 52.8 Å². The van der Waals surface area contributed by atoms with Crippen molar-refractivity contribution in [2.45, 2.75) is 63.3 Å². The number of rotatable bonds is 6. The van der Waals surface area contributed by atoms with Gasteiger partial charge in [0.2, 0.25) is 0 Å². The van der Waals surface area contributed by atoms with Gasteiger partial charge in [0.05, 0.1) is 24.9 Å². The van der Waals surface area contributed by atoms with Crippen LogP contribution in [0.1, 0.15) is 58.8 Å². The van der Waals surface area contributed by atoms with Crippen LogP contribution in [-0.2, 0) is 23.4 Å². The van der Waals surface area contributed by atoms with Crippen LogP contribution < -0.4 is 10.1 Å². The van der Waals surface area contributed by atoms with Crippen LogP contribution in [0.2, 0.25) is 0 Å². The van der Waals surface area contributed by atoms with Crippen molar-refractivity contribution in [3.8, 4) is 5.75 Å². The molecule has 1 spiro atoms. The number of likely N-dealkylation sites (tertiary alicyclic amines) is 1. The Morgan fingerprint density at radius 1 is 1.03 bits per heavy atom. The number of carbonyl (C=O) groups is 2. The number of benzene rings is 1. The Kier molecular flexibility index (Phi) is 7.54. The van der Waals surface area contributed by atoms with E-state index >= 15 is 0 Å². The summed E-state index contributed by atoms with van der Waals surface area (Å²) in [5, 5.41) is 3.55. The molecule has 1 N–H and O–H groups in total. The molecule has 1 fully saturated rings. The number of carbonyl (C=O) groups excluding carboxylic acids is 2. The zero-order valence-corrected chi connectivity index (χ0v) is 21.6. The van der Waals surface area contributed by atoms with E-state index in [0.29, 0.717) is 24.1 Å². The highest BCUT2D eigenvalue weighted by molar-refractivity contribution is 5.99. The number of halogens is 6. The third kappa shape index (κ3) is 6.08. The van der Waals surface area contributed by atoms with Gasteiger partial charge in [-0.05, 0) is 51.0 Å². The number of ether oxygens (including phenoxy) is 2. The molecule has 0 saturated carbocycles. The Balaban J connectivity index is 1.50. The number of hydrogen-bond acceptors (Lipinski definition) is 5. The lowest BCUT2D eigenvalue weighted by atomic mass is 9.79. The first kappa shape index (κ1) is 28.9. The molecule has 2 aliphatic rings. The van der Waals surface area contributed by atoms with Gasteiger partial charge in [-0.3, -0.25) is 14.9 Å². The molecule has 39 heavy (non-hydrogen) atoms. The van der Waals surface area contributed by atoms with Gasteiger partial charge >= 0.3 is 12.4 Å². The van der Waals surface area contributed by atoms with Crippen LogP contribution in [0.4, 0.5) is 26.3 Å². The molecule has 13 heteroatoms. The summed E-state index contributed by atoms with van der Waals surface area (Å²) in [6, 6.07) is 7.17. The largest absolute Gasteiger partial charge is 0.496 e. The molecule has 1 aromatic carbocycles. The number of aromatic nitrogens is 1. The predicted molar refractivity (Wildman–Crippen MR) is 128 cm³/mol. The molecule has 1 aromatic heterocycles. The number of alkyl halides is 6. The maximum absolute atomic E-state index is 13.3. The zero-order chi connectivity index (χ0) is 28.8. The van der Waals surface area contributed by atoms with E-state index in [-0.39, 0.29) is 43.5 Å². The third-order valence-electron chi connectivity index (χ3n) is 7.05. The summed E-state index contributed by atoms with van der Waals surface area (Å²) >= 11 is 0. The summed E-state index contributed by atoms with van der Waals surface area (Å²) in [5.74, 6) is -1.99. The Labute approximate surface area is 221 Å². The lowest BCUT2D eigenvalue weighted by Gasteiger charge is -2.51. The lowest BCUT2D eigenvalue weighted by Crippen LogP contribution is -2.63. The summed E-state index contributed by atoms with van der Waals surface area (Å²) < 4.78 is 88.2. The number of piperidine rings is 1. The van der Waals surface area contributed by atoms with Gasteiger partial charge in [-0.25, -0.2) is 0 Å². The van der Waals surface area contributed by atoms with Crippen LogP contribution in [0, 0.1) is 0 Å². The number of methoxy groups -OCH3 is 1. The minimum atomic E-state index is -4.99. The molecule has 0 aliphatic carbocycles. The van der Waals surface area contributed by atoms with E-state index in [1.807, 2.05) is 13.8 Å². The third-order valence-corrected chi connectivity index (χ3v) is 7.05. The molecule has 3 heterocycles. The number of Topliss-reactive ketones (excluding diaryl/α,β-unsaturated/α-hetero) is 1. The molecule has 0 radical (unpaired) electrons. The van der Waals surface area contributed by atoms with Crippen molar-refractivity contribution in [2.24, 2.45) is 0 Å². The van der Waals surface area contributed by atoms with Crippen molar-refractivity contribution >= 4 is 11.7 Å². The highest BCUT2D eigenvalue weighted by Crippen LogP contribution is 2.41. The topological polar surface area (TPSA) is 72.8 Å². The van der Waals surface area contributed by atoms with Crippen LogP contribution in [0.5, 0.6) is 5.75 Å². The quantitative estimate of drug-likeness (QED) is 0.404. The molecule has 214 valence electrons. The molecule has 0 atom stereocenters. The smallest absolute Gasteiger partial charge is 0.456 e. The Hall–Kier alpha value is -3.06. The fourth-order valence-corrected chi connectivity index (χ4v) is 5.47. The van der Waals surface area contributed by atoms with Gasteiger partial charge in [0.15, 0.2) is 0 Å². The van der Waals surface area contributed by atoms with Crippen LogP contribution in [0.15, 0.2) is 30.3 Å². The molecular formula is C26H29F6N3O4. The molecule has 1 amide bonds. The van der Waals surface area contributed by atoms with Crippen LogP contribution in [0.25, 0.3) is 0 Å². The maximum atomic E-state index is 13.3. The van der Waals surface area contributed by atoms with Gasteiger partial charge < -0.3 is 18.9 Å². The summed E-state index contributed by atoms with van der Waals surface area (Å²) in [5.41, 5.74) is -0.547. The van der Waals surface area contributed by atoms with Crippen molar-refractivity contribution in [3.63, 3.8) is 0 Å². The minimum Gasteiger partial charge on any atom is -0.496 e. The summed E-state index contributed by atoms with van der Waals surface area (Å²) in [4.78, 5) is 26.9. The number of nitrogens with zero attached hydrogens (tertiary/aromatic N) is 2. The summed E-state index contributed by atoms with van der Waals surface area (Å²) in [6.45, 7) is 2.70. The number of hydrogen-bond donors (Lipinski definition) is 1. The van der Waals surface area contributed by atoms with Gasteiger partial charge in [0.25, 0.3) is 11.7 Å². The summed E-state index contributed by atoms with van der Waals surface area (Å²) in [6.07, 6.45) is -8.67. The Morgan fingerprint density at radius 3 is 2.28 bits per heavy atom. The van der Waals surface area contributed by atoms with Gasteiger partial charge in [0, 0.05) is 42.0 Å². The van der Waals surface area contributed by atoms with Gasteiger partial charge in [-0.2, -0.15) is 26.3 Å². The normalized spacial score (nSPS) is 18.6. The van der Waals surface area contributed by atoms with Crippen LogP contribution in [-0.4, -0.2) is 65.9 Å². The fourth-order valence-electron chi connectivity index (χ4n) is 5.47. The second-order valence-corrected chi connectivity index (χ2v) is 10.5. The van der Waals surface area contributed by atoms with Crippen molar-refractivity contribution in [1.29, 1.82) is 0 Å². The van der Waals surface area contributed by atoms with Gasteiger partial charge in [0.1, 0.15) is 12.4 Å². The first-order chi connectivity index (χ1) is 18.1. The van der Waals surface area contributed by atoms with Crippen molar-refractivity contribution < 1.29 is 45.4 Å². The van der Waals surface area contributed by atoms with E-state index < -0.39 is 41.5 Å².